The Hall–Kier alpha value is -3.35. The van der Waals surface area contributed by atoms with Crippen LogP contribution in [0.4, 0.5) is 0 Å². The fraction of sp³-hybridized carbons (Fsp3) is 0.211. The number of hydrogen-bond donors (Lipinski definition) is 1. The fourth-order valence-corrected chi connectivity index (χ4v) is 2.39. The maximum atomic E-state index is 12.0. The molecule has 1 amide bonds. The number of pyridine rings is 1. The Bertz CT molecular complexity index is 875. The summed E-state index contributed by atoms with van der Waals surface area (Å²) in [6.45, 7) is 0.302. The molecule has 1 aromatic carbocycles. The number of methoxy groups -OCH3 is 1. The summed E-state index contributed by atoms with van der Waals surface area (Å²) in [6, 6.07) is 11.0. The molecule has 0 aliphatic heterocycles. The molecule has 2 heterocycles. The first-order valence-corrected chi connectivity index (χ1v) is 8.12. The van der Waals surface area contributed by atoms with Crippen molar-refractivity contribution in [3.05, 3.63) is 60.6 Å². The highest BCUT2D eigenvalue weighted by Crippen LogP contribution is 2.25. The molecule has 2 aromatic heterocycles. The summed E-state index contributed by atoms with van der Waals surface area (Å²) < 4.78 is 12.4. The second kappa shape index (κ2) is 8.15. The quantitative estimate of drug-likeness (QED) is 0.705. The lowest BCUT2D eigenvalue weighted by atomic mass is 10.2. The SMILES string of the molecule is COc1ccccc1OCC(=O)NCc1ccc(-c2cnn(C)c2)nc1. The van der Waals surface area contributed by atoms with Crippen LogP contribution < -0.4 is 14.8 Å². The van der Waals surface area contributed by atoms with Gasteiger partial charge in [0.15, 0.2) is 18.1 Å². The second-order valence-electron chi connectivity index (χ2n) is 5.67. The number of aromatic nitrogens is 3. The molecular weight excluding hydrogens is 332 g/mol. The third-order valence-electron chi connectivity index (χ3n) is 3.74. The standard InChI is InChI=1S/C19H20N4O3/c1-23-12-15(11-22-23)16-8-7-14(9-20-16)10-21-19(24)13-26-18-6-4-3-5-17(18)25-2/h3-9,11-12H,10,13H2,1-2H3,(H,21,24). The number of ether oxygens (including phenoxy) is 2. The van der Waals surface area contributed by atoms with Gasteiger partial charge in [-0.05, 0) is 23.8 Å². The van der Waals surface area contributed by atoms with Gasteiger partial charge in [-0.15, -0.1) is 0 Å². The molecule has 0 saturated carbocycles. The van der Waals surface area contributed by atoms with Gasteiger partial charge < -0.3 is 14.8 Å². The van der Waals surface area contributed by atoms with Crippen molar-refractivity contribution in [1.82, 2.24) is 20.1 Å². The number of nitrogens with one attached hydrogen (secondary N) is 1. The highest BCUT2D eigenvalue weighted by molar-refractivity contribution is 5.77. The van der Waals surface area contributed by atoms with Crippen molar-refractivity contribution in [1.29, 1.82) is 0 Å². The van der Waals surface area contributed by atoms with Gasteiger partial charge in [-0.1, -0.05) is 18.2 Å². The topological polar surface area (TPSA) is 78.3 Å². The lowest BCUT2D eigenvalue weighted by molar-refractivity contribution is -0.123. The number of rotatable bonds is 7. The molecule has 26 heavy (non-hydrogen) atoms. The molecule has 0 atom stereocenters. The maximum Gasteiger partial charge on any atom is 0.258 e. The number of amides is 1. The zero-order valence-corrected chi connectivity index (χ0v) is 14.7. The Labute approximate surface area is 151 Å². The minimum Gasteiger partial charge on any atom is -0.493 e. The molecule has 1 N–H and O–H groups in total. The van der Waals surface area contributed by atoms with Gasteiger partial charge in [0.1, 0.15) is 0 Å². The first kappa shape index (κ1) is 17.5. The van der Waals surface area contributed by atoms with E-state index in [2.05, 4.69) is 15.4 Å². The summed E-state index contributed by atoms with van der Waals surface area (Å²) in [6.07, 6.45) is 5.40. The molecule has 0 unspecified atom stereocenters. The van der Waals surface area contributed by atoms with E-state index in [9.17, 15) is 4.79 Å². The van der Waals surface area contributed by atoms with Crippen LogP contribution in [0.15, 0.2) is 55.0 Å². The zero-order valence-electron chi connectivity index (χ0n) is 14.7. The van der Waals surface area contributed by atoms with E-state index < -0.39 is 0 Å². The van der Waals surface area contributed by atoms with Crippen molar-refractivity contribution in [3.63, 3.8) is 0 Å². The minimum atomic E-state index is -0.216. The molecule has 0 spiro atoms. The van der Waals surface area contributed by atoms with Crippen molar-refractivity contribution in [2.45, 2.75) is 6.54 Å². The molecule has 134 valence electrons. The highest BCUT2D eigenvalue weighted by Gasteiger charge is 2.07. The van der Waals surface area contributed by atoms with Crippen LogP contribution in [-0.4, -0.2) is 34.4 Å². The molecule has 3 rings (SSSR count). The van der Waals surface area contributed by atoms with Crippen LogP contribution in [0.25, 0.3) is 11.3 Å². The fourth-order valence-electron chi connectivity index (χ4n) is 2.39. The molecule has 0 fully saturated rings. The van der Waals surface area contributed by atoms with Gasteiger partial charge in [0.25, 0.3) is 5.91 Å². The number of para-hydroxylation sites is 2. The van der Waals surface area contributed by atoms with Crippen LogP contribution in [0.3, 0.4) is 0 Å². The Morgan fingerprint density at radius 3 is 2.62 bits per heavy atom. The molecule has 0 aliphatic rings. The summed E-state index contributed by atoms with van der Waals surface area (Å²) in [5.41, 5.74) is 2.70. The molecule has 3 aromatic rings. The zero-order chi connectivity index (χ0) is 18.4. The van der Waals surface area contributed by atoms with Gasteiger partial charge in [0.05, 0.1) is 19.0 Å². The largest absolute Gasteiger partial charge is 0.493 e. The van der Waals surface area contributed by atoms with Gasteiger partial charge in [-0.2, -0.15) is 5.10 Å². The van der Waals surface area contributed by atoms with Crippen molar-refractivity contribution in [2.75, 3.05) is 13.7 Å². The Morgan fingerprint density at radius 1 is 1.15 bits per heavy atom. The van der Waals surface area contributed by atoms with E-state index in [-0.39, 0.29) is 12.5 Å². The van der Waals surface area contributed by atoms with E-state index in [1.807, 2.05) is 37.5 Å². The maximum absolute atomic E-state index is 12.0. The van der Waals surface area contributed by atoms with Crippen molar-refractivity contribution < 1.29 is 14.3 Å². The van der Waals surface area contributed by atoms with Crippen molar-refractivity contribution >= 4 is 5.91 Å². The van der Waals surface area contributed by atoms with Gasteiger partial charge >= 0.3 is 0 Å². The van der Waals surface area contributed by atoms with Crippen molar-refractivity contribution in [3.8, 4) is 22.8 Å². The number of hydrogen-bond acceptors (Lipinski definition) is 5. The Balaban J connectivity index is 1.50. The van der Waals surface area contributed by atoms with E-state index in [0.29, 0.717) is 18.0 Å². The minimum absolute atomic E-state index is 0.0818. The number of benzene rings is 1. The highest BCUT2D eigenvalue weighted by atomic mass is 16.5. The average Bonchev–Trinajstić information content (AvgIpc) is 3.11. The monoisotopic (exact) mass is 352 g/mol. The van der Waals surface area contributed by atoms with Gasteiger partial charge in [-0.3, -0.25) is 14.5 Å². The van der Waals surface area contributed by atoms with Gasteiger partial charge in [-0.25, -0.2) is 0 Å². The molecule has 0 aliphatic carbocycles. The molecule has 0 saturated heterocycles. The van der Waals surface area contributed by atoms with Gasteiger partial charge in [0, 0.05) is 31.5 Å². The summed E-state index contributed by atoms with van der Waals surface area (Å²) >= 11 is 0. The molecule has 0 radical (unpaired) electrons. The third-order valence-corrected chi connectivity index (χ3v) is 3.74. The number of carbonyl (C=O) groups excluding carboxylic acids is 1. The average molecular weight is 352 g/mol. The van der Waals surface area contributed by atoms with Gasteiger partial charge in [0.2, 0.25) is 0 Å². The lowest BCUT2D eigenvalue weighted by Crippen LogP contribution is -2.28. The van der Waals surface area contributed by atoms with E-state index >= 15 is 0 Å². The van der Waals surface area contributed by atoms with E-state index in [0.717, 1.165) is 16.8 Å². The number of carbonyl (C=O) groups is 1. The smallest absolute Gasteiger partial charge is 0.258 e. The first-order valence-electron chi connectivity index (χ1n) is 8.12. The van der Waals surface area contributed by atoms with Crippen LogP contribution in [0, 0.1) is 0 Å². The summed E-state index contributed by atoms with van der Waals surface area (Å²) in [7, 11) is 3.42. The van der Waals surface area contributed by atoms with Crippen LogP contribution in [-0.2, 0) is 18.4 Å². The van der Waals surface area contributed by atoms with Crippen molar-refractivity contribution in [2.24, 2.45) is 7.05 Å². The van der Waals surface area contributed by atoms with E-state index in [1.165, 1.54) is 0 Å². The normalized spacial score (nSPS) is 10.4. The predicted molar refractivity (Wildman–Crippen MR) is 96.8 cm³/mol. The molecular formula is C19H20N4O3. The number of aryl methyl sites for hydroxylation is 1. The molecule has 0 bridgehead atoms. The van der Waals surface area contributed by atoms with Crippen LogP contribution >= 0.6 is 0 Å². The van der Waals surface area contributed by atoms with Crippen LogP contribution in [0.2, 0.25) is 0 Å². The van der Waals surface area contributed by atoms with E-state index in [1.54, 1.807) is 36.3 Å². The summed E-state index contributed by atoms with van der Waals surface area (Å²) in [5.74, 6) is 0.912. The third kappa shape index (κ3) is 4.38. The molecule has 7 heteroatoms. The Kier molecular flexibility index (Phi) is 5.48. The molecule has 7 nitrogen and oxygen atoms in total. The van der Waals surface area contributed by atoms with Crippen LogP contribution in [0.5, 0.6) is 11.5 Å². The van der Waals surface area contributed by atoms with E-state index in [4.69, 9.17) is 9.47 Å². The second-order valence-corrected chi connectivity index (χ2v) is 5.67. The predicted octanol–water partition coefficient (Wildman–Crippen LogP) is 2.19. The Morgan fingerprint density at radius 2 is 1.96 bits per heavy atom. The summed E-state index contributed by atoms with van der Waals surface area (Å²) in [4.78, 5) is 16.4. The summed E-state index contributed by atoms with van der Waals surface area (Å²) in [5, 5.41) is 6.94. The van der Waals surface area contributed by atoms with Crippen LogP contribution in [0.1, 0.15) is 5.56 Å². The lowest BCUT2D eigenvalue weighted by Gasteiger charge is -2.10. The first-order chi connectivity index (χ1) is 12.7. The number of nitrogens with zero attached hydrogens (tertiary/aromatic N) is 3.